The van der Waals surface area contributed by atoms with E-state index < -0.39 is 5.60 Å². The van der Waals surface area contributed by atoms with Gasteiger partial charge in [-0.3, -0.25) is 14.6 Å². The van der Waals surface area contributed by atoms with Gasteiger partial charge in [-0.05, 0) is 54.8 Å². The maximum atomic E-state index is 13.3. The first kappa shape index (κ1) is 25.1. The number of hydrogen-bond acceptors (Lipinski definition) is 6. The van der Waals surface area contributed by atoms with Gasteiger partial charge in [-0.25, -0.2) is 4.39 Å². The van der Waals surface area contributed by atoms with E-state index >= 15 is 0 Å². The number of hydrogen-bond donors (Lipinski definition) is 0. The molecule has 35 heavy (non-hydrogen) atoms. The van der Waals surface area contributed by atoms with Crippen LogP contribution >= 0.6 is 0 Å². The molecule has 3 heterocycles. The van der Waals surface area contributed by atoms with Gasteiger partial charge in [-0.2, -0.15) is 0 Å². The van der Waals surface area contributed by atoms with Crippen molar-refractivity contribution in [1.82, 2.24) is 14.8 Å². The molecule has 0 bridgehead atoms. The summed E-state index contributed by atoms with van der Waals surface area (Å²) < 4.78 is 30.7. The number of pyridine rings is 1. The van der Waals surface area contributed by atoms with Crippen LogP contribution in [-0.2, 0) is 25.5 Å². The number of ether oxygens (including phenoxy) is 3. The van der Waals surface area contributed by atoms with Crippen LogP contribution in [0.2, 0.25) is 0 Å². The maximum Gasteiger partial charge on any atom is 0.225 e. The highest BCUT2D eigenvalue weighted by Crippen LogP contribution is 2.26. The zero-order valence-corrected chi connectivity index (χ0v) is 19.9. The van der Waals surface area contributed by atoms with E-state index in [2.05, 4.69) is 4.98 Å². The van der Waals surface area contributed by atoms with Crippen LogP contribution in [0.5, 0.6) is 5.75 Å². The Labute approximate surface area is 205 Å². The molecule has 1 aromatic carbocycles. The van der Waals surface area contributed by atoms with Crippen molar-refractivity contribution in [3.05, 3.63) is 60.2 Å². The maximum absolute atomic E-state index is 13.3. The number of rotatable bonds is 9. The molecule has 0 N–H and O–H groups in total. The molecule has 2 amide bonds. The van der Waals surface area contributed by atoms with Crippen molar-refractivity contribution in [2.24, 2.45) is 0 Å². The monoisotopic (exact) mass is 485 g/mol. The van der Waals surface area contributed by atoms with Gasteiger partial charge in [0.1, 0.15) is 23.8 Å². The molecule has 1 aromatic heterocycles. The average Bonchev–Trinajstić information content (AvgIpc) is 2.89. The molecule has 0 spiro atoms. The summed E-state index contributed by atoms with van der Waals surface area (Å²) in [6.07, 6.45) is 5.53. The minimum Gasteiger partial charge on any atom is -0.490 e. The fourth-order valence-electron chi connectivity index (χ4n) is 4.40. The minimum absolute atomic E-state index is 0.0346. The van der Waals surface area contributed by atoms with Crippen molar-refractivity contribution in [1.29, 1.82) is 0 Å². The molecule has 0 aliphatic carbocycles. The molecule has 0 saturated carbocycles. The lowest BCUT2D eigenvalue weighted by Crippen LogP contribution is -2.58. The molecule has 1 atom stereocenters. The molecular formula is C26H32FN3O5. The Morgan fingerprint density at radius 1 is 0.971 bits per heavy atom. The molecule has 188 valence electrons. The van der Waals surface area contributed by atoms with Gasteiger partial charge in [-0.15, -0.1) is 0 Å². The van der Waals surface area contributed by atoms with Gasteiger partial charge in [0.25, 0.3) is 0 Å². The van der Waals surface area contributed by atoms with E-state index in [4.69, 9.17) is 14.2 Å². The summed E-state index contributed by atoms with van der Waals surface area (Å²) in [6, 6.07) is 9.63. The second-order valence-electron chi connectivity index (χ2n) is 8.97. The van der Waals surface area contributed by atoms with Crippen molar-refractivity contribution in [2.75, 3.05) is 52.6 Å². The first-order chi connectivity index (χ1) is 17.0. The van der Waals surface area contributed by atoms with Crippen molar-refractivity contribution in [3.63, 3.8) is 0 Å². The predicted molar refractivity (Wildman–Crippen MR) is 126 cm³/mol. The van der Waals surface area contributed by atoms with Crippen LogP contribution < -0.4 is 4.74 Å². The second-order valence-corrected chi connectivity index (χ2v) is 8.97. The lowest BCUT2D eigenvalue weighted by atomic mass is 9.96. The van der Waals surface area contributed by atoms with Gasteiger partial charge in [-0.1, -0.05) is 0 Å². The number of amides is 2. The number of aromatic nitrogens is 1. The van der Waals surface area contributed by atoms with Crippen molar-refractivity contribution >= 4 is 11.8 Å². The number of morpholine rings is 2. The third-order valence-corrected chi connectivity index (χ3v) is 6.36. The van der Waals surface area contributed by atoms with Crippen molar-refractivity contribution in [3.8, 4) is 5.75 Å². The first-order valence-electron chi connectivity index (χ1n) is 12.1. The molecule has 9 heteroatoms. The highest BCUT2D eigenvalue weighted by Gasteiger charge is 2.42. The Kier molecular flexibility index (Phi) is 8.65. The van der Waals surface area contributed by atoms with Crippen LogP contribution in [0.1, 0.15) is 24.8 Å². The van der Waals surface area contributed by atoms with E-state index in [0.717, 1.165) is 18.4 Å². The van der Waals surface area contributed by atoms with Crippen LogP contribution in [0.3, 0.4) is 0 Å². The summed E-state index contributed by atoms with van der Waals surface area (Å²) in [5.41, 5.74) is 0.163. The Hall–Kier alpha value is -3.04. The average molecular weight is 486 g/mol. The highest BCUT2D eigenvalue weighted by atomic mass is 19.1. The molecule has 4 rings (SSSR count). The highest BCUT2D eigenvalue weighted by molar-refractivity contribution is 5.79. The Morgan fingerprint density at radius 3 is 2.43 bits per heavy atom. The van der Waals surface area contributed by atoms with E-state index in [-0.39, 0.29) is 37.2 Å². The topological polar surface area (TPSA) is 81.2 Å². The summed E-state index contributed by atoms with van der Waals surface area (Å²) in [4.78, 5) is 33.7. The third-order valence-electron chi connectivity index (χ3n) is 6.36. The number of halogens is 1. The van der Waals surface area contributed by atoms with Gasteiger partial charge >= 0.3 is 0 Å². The van der Waals surface area contributed by atoms with Gasteiger partial charge < -0.3 is 24.0 Å². The van der Waals surface area contributed by atoms with E-state index in [1.165, 1.54) is 24.3 Å². The molecule has 2 aliphatic rings. The zero-order valence-electron chi connectivity index (χ0n) is 19.9. The smallest absolute Gasteiger partial charge is 0.225 e. The quantitative estimate of drug-likeness (QED) is 0.543. The van der Waals surface area contributed by atoms with Gasteiger partial charge in [0.2, 0.25) is 11.8 Å². The lowest BCUT2D eigenvalue weighted by molar-refractivity contribution is -0.167. The van der Waals surface area contributed by atoms with E-state index in [0.29, 0.717) is 51.6 Å². The Bertz CT molecular complexity index is 969. The van der Waals surface area contributed by atoms with Crippen LogP contribution in [-0.4, -0.2) is 84.8 Å². The van der Waals surface area contributed by atoms with Crippen LogP contribution in [0.4, 0.5) is 4.39 Å². The zero-order chi connectivity index (χ0) is 24.5. The Morgan fingerprint density at radius 2 is 1.69 bits per heavy atom. The summed E-state index contributed by atoms with van der Waals surface area (Å²) in [5, 5.41) is 0. The van der Waals surface area contributed by atoms with Crippen LogP contribution in [0.15, 0.2) is 48.8 Å². The van der Waals surface area contributed by atoms with E-state index in [9.17, 15) is 14.0 Å². The number of benzene rings is 1. The fourth-order valence-corrected chi connectivity index (χ4v) is 4.40. The van der Waals surface area contributed by atoms with Crippen LogP contribution in [0, 0.1) is 5.82 Å². The van der Waals surface area contributed by atoms with Gasteiger partial charge in [0, 0.05) is 38.4 Å². The van der Waals surface area contributed by atoms with E-state index in [1.54, 1.807) is 22.2 Å². The molecule has 2 fully saturated rings. The van der Waals surface area contributed by atoms with Gasteiger partial charge in [0.05, 0.1) is 32.8 Å². The summed E-state index contributed by atoms with van der Waals surface area (Å²) in [6.45, 7) is 3.21. The summed E-state index contributed by atoms with van der Waals surface area (Å²) >= 11 is 0. The second kappa shape index (κ2) is 12.1. The summed E-state index contributed by atoms with van der Waals surface area (Å²) in [7, 11) is 0. The van der Waals surface area contributed by atoms with Crippen molar-refractivity contribution < 1.29 is 28.2 Å². The molecule has 2 aromatic rings. The molecule has 0 radical (unpaired) electrons. The Balaban J connectivity index is 1.40. The minimum atomic E-state index is -0.983. The number of nitrogens with zero attached hydrogens (tertiary/aromatic N) is 3. The molecular weight excluding hydrogens is 453 g/mol. The SMILES string of the molecule is O=C(C[C@]1(COc2ccc(F)cc2)CN(C(=O)CCCc2ccncc2)CCO1)N1CCOCC1. The third kappa shape index (κ3) is 7.22. The summed E-state index contributed by atoms with van der Waals surface area (Å²) in [5.74, 6) is 0.108. The fraction of sp³-hybridized carbons (Fsp3) is 0.500. The normalized spacial score (nSPS) is 20.5. The van der Waals surface area contributed by atoms with Crippen LogP contribution in [0.25, 0.3) is 0 Å². The van der Waals surface area contributed by atoms with Gasteiger partial charge in [0.15, 0.2) is 0 Å². The van der Waals surface area contributed by atoms with E-state index in [1.807, 2.05) is 12.1 Å². The number of carbonyl (C=O) groups is 2. The van der Waals surface area contributed by atoms with Crippen molar-refractivity contribution in [2.45, 2.75) is 31.3 Å². The predicted octanol–water partition coefficient (Wildman–Crippen LogP) is 2.47. The molecule has 2 saturated heterocycles. The number of aryl methyl sites for hydroxylation is 1. The largest absolute Gasteiger partial charge is 0.490 e. The molecule has 8 nitrogen and oxygen atoms in total. The standard InChI is InChI=1S/C26H32FN3O5/c27-22-4-6-23(7-5-22)34-20-26(18-25(32)29-12-15-33-16-13-29)19-30(14-17-35-26)24(31)3-1-2-21-8-10-28-11-9-21/h4-11H,1-3,12-20H2/t26-/m1/s1. The first-order valence-corrected chi connectivity index (χ1v) is 12.1. The molecule has 2 aliphatic heterocycles. The number of carbonyl (C=O) groups excluding carboxylic acids is 2. The lowest BCUT2D eigenvalue weighted by Gasteiger charge is -2.43. The molecule has 0 unspecified atom stereocenters.